The van der Waals surface area contributed by atoms with Crippen molar-refractivity contribution in [1.29, 1.82) is 0 Å². The first-order valence-electron chi connectivity index (χ1n) is 7.57. The van der Waals surface area contributed by atoms with Gasteiger partial charge in [0, 0.05) is 31.9 Å². The molecule has 0 aliphatic rings. The van der Waals surface area contributed by atoms with E-state index in [1.807, 2.05) is 24.2 Å². The highest BCUT2D eigenvalue weighted by atomic mass is 16.2. The number of aromatic nitrogens is 1. The number of hydrogen-bond acceptors (Lipinski definition) is 1. The van der Waals surface area contributed by atoms with Gasteiger partial charge >= 0.3 is 0 Å². The van der Waals surface area contributed by atoms with E-state index < -0.39 is 0 Å². The van der Waals surface area contributed by atoms with Crippen LogP contribution in [0.2, 0.25) is 0 Å². The van der Waals surface area contributed by atoms with Gasteiger partial charge in [0.25, 0.3) is 0 Å². The molecule has 108 valence electrons. The van der Waals surface area contributed by atoms with Crippen molar-refractivity contribution in [2.24, 2.45) is 7.05 Å². The van der Waals surface area contributed by atoms with Gasteiger partial charge in [0.15, 0.2) is 0 Å². The van der Waals surface area contributed by atoms with Gasteiger partial charge in [-0.2, -0.15) is 0 Å². The Morgan fingerprint density at radius 3 is 2.53 bits per heavy atom. The molecule has 0 aliphatic heterocycles. The molecule has 1 amide bonds. The highest BCUT2D eigenvalue weighted by Gasteiger charge is 2.14. The number of rotatable bonds is 9. The Morgan fingerprint density at radius 1 is 1.21 bits per heavy atom. The molecule has 0 saturated carbocycles. The van der Waals surface area contributed by atoms with E-state index in [1.54, 1.807) is 0 Å². The summed E-state index contributed by atoms with van der Waals surface area (Å²) in [5.74, 6) is 0.308. The van der Waals surface area contributed by atoms with Gasteiger partial charge in [-0.15, -0.1) is 0 Å². The molecule has 0 N–H and O–H groups in total. The predicted molar refractivity (Wildman–Crippen MR) is 79.9 cm³/mol. The van der Waals surface area contributed by atoms with E-state index in [0.29, 0.717) is 12.3 Å². The number of amides is 1. The van der Waals surface area contributed by atoms with Crippen LogP contribution >= 0.6 is 0 Å². The van der Waals surface area contributed by atoms with Crippen LogP contribution in [0.25, 0.3) is 0 Å². The average molecular weight is 264 g/mol. The number of nitrogens with zero attached hydrogens (tertiary/aromatic N) is 2. The summed E-state index contributed by atoms with van der Waals surface area (Å²) >= 11 is 0. The zero-order valence-electron chi connectivity index (χ0n) is 12.7. The molecule has 1 aromatic heterocycles. The van der Waals surface area contributed by atoms with Crippen LogP contribution in [-0.2, 0) is 18.4 Å². The van der Waals surface area contributed by atoms with Gasteiger partial charge in [-0.25, -0.2) is 0 Å². The first-order chi connectivity index (χ1) is 9.19. The molecule has 0 spiro atoms. The van der Waals surface area contributed by atoms with Gasteiger partial charge in [0.05, 0.1) is 6.54 Å². The first kappa shape index (κ1) is 15.8. The first-order valence-corrected chi connectivity index (χ1v) is 7.57. The van der Waals surface area contributed by atoms with Crippen molar-refractivity contribution in [1.82, 2.24) is 9.47 Å². The zero-order chi connectivity index (χ0) is 14.1. The van der Waals surface area contributed by atoms with Crippen molar-refractivity contribution in [3.05, 3.63) is 24.0 Å². The summed E-state index contributed by atoms with van der Waals surface area (Å²) in [4.78, 5) is 14.3. The Balaban J connectivity index is 2.55. The molecule has 0 radical (unpaired) electrons. The minimum Gasteiger partial charge on any atom is -0.353 e. The van der Waals surface area contributed by atoms with Crippen LogP contribution in [0.15, 0.2) is 18.3 Å². The lowest BCUT2D eigenvalue weighted by Gasteiger charge is -2.23. The van der Waals surface area contributed by atoms with Crippen LogP contribution in [0, 0.1) is 0 Å². The lowest BCUT2D eigenvalue weighted by atomic mass is 10.2. The Bertz CT molecular complexity index is 371. The molecule has 1 rings (SSSR count). The summed E-state index contributed by atoms with van der Waals surface area (Å²) in [6.45, 7) is 5.96. The van der Waals surface area contributed by atoms with Crippen LogP contribution < -0.4 is 0 Å². The second-order valence-electron chi connectivity index (χ2n) is 5.24. The SMILES string of the molecule is CCCCCC(=O)N(CCCC)Cc1cccn1C. The molecule has 0 fully saturated rings. The normalized spacial score (nSPS) is 10.7. The predicted octanol–water partition coefficient (Wildman–Crippen LogP) is 3.73. The minimum atomic E-state index is 0.308. The highest BCUT2D eigenvalue weighted by Crippen LogP contribution is 2.10. The van der Waals surface area contributed by atoms with E-state index in [4.69, 9.17) is 0 Å². The fourth-order valence-corrected chi connectivity index (χ4v) is 2.18. The van der Waals surface area contributed by atoms with Gasteiger partial charge in [0.1, 0.15) is 0 Å². The van der Waals surface area contributed by atoms with Gasteiger partial charge in [0.2, 0.25) is 5.91 Å². The summed E-state index contributed by atoms with van der Waals surface area (Å²) in [6.07, 6.45) is 8.29. The minimum absolute atomic E-state index is 0.308. The van der Waals surface area contributed by atoms with Crippen LogP contribution in [0.4, 0.5) is 0 Å². The summed E-state index contributed by atoms with van der Waals surface area (Å²) in [5.41, 5.74) is 1.21. The smallest absolute Gasteiger partial charge is 0.222 e. The average Bonchev–Trinajstić information content (AvgIpc) is 2.80. The molecule has 0 unspecified atom stereocenters. The number of unbranched alkanes of at least 4 members (excludes halogenated alkanes) is 3. The zero-order valence-corrected chi connectivity index (χ0v) is 12.7. The van der Waals surface area contributed by atoms with E-state index in [-0.39, 0.29) is 0 Å². The molecule has 1 aromatic rings. The molecular formula is C16H28N2O. The Morgan fingerprint density at radius 2 is 1.95 bits per heavy atom. The largest absolute Gasteiger partial charge is 0.353 e. The topological polar surface area (TPSA) is 25.2 Å². The molecule has 0 aromatic carbocycles. The van der Waals surface area contributed by atoms with Crippen molar-refractivity contribution < 1.29 is 4.79 Å². The Hall–Kier alpha value is -1.25. The molecule has 19 heavy (non-hydrogen) atoms. The molecule has 0 bridgehead atoms. The molecule has 0 atom stereocenters. The standard InChI is InChI=1S/C16H28N2O/c1-4-6-8-11-16(19)18(13-7-5-2)14-15-10-9-12-17(15)3/h9-10,12H,4-8,11,13-14H2,1-3H3. The third-order valence-electron chi connectivity index (χ3n) is 3.53. The van der Waals surface area contributed by atoms with Crippen molar-refractivity contribution in [2.45, 2.75) is 58.9 Å². The summed E-state index contributed by atoms with van der Waals surface area (Å²) in [7, 11) is 2.04. The quantitative estimate of drug-likeness (QED) is 0.624. The molecule has 0 saturated heterocycles. The molecule has 3 nitrogen and oxygen atoms in total. The summed E-state index contributed by atoms with van der Waals surface area (Å²) in [6, 6.07) is 4.13. The fourth-order valence-electron chi connectivity index (χ4n) is 2.18. The fraction of sp³-hybridized carbons (Fsp3) is 0.688. The highest BCUT2D eigenvalue weighted by molar-refractivity contribution is 5.76. The van der Waals surface area contributed by atoms with Crippen LogP contribution in [0.5, 0.6) is 0 Å². The Labute approximate surface area is 117 Å². The second kappa shape index (κ2) is 8.78. The summed E-state index contributed by atoms with van der Waals surface area (Å²) < 4.78 is 2.10. The number of aryl methyl sites for hydroxylation is 1. The third kappa shape index (κ3) is 5.50. The van der Waals surface area contributed by atoms with Gasteiger partial charge in [-0.05, 0) is 25.0 Å². The molecule has 0 aliphatic carbocycles. The van der Waals surface area contributed by atoms with E-state index in [1.165, 1.54) is 12.1 Å². The lowest BCUT2D eigenvalue weighted by molar-refractivity contribution is -0.132. The van der Waals surface area contributed by atoms with Crippen LogP contribution in [0.3, 0.4) is 0 Å². The third-order valence-corrected chi connectivity index (χ3v) is 3.53. The van der Waals surface area contributed by atoms with E-state index >= 15 is 0 Å². The number of carbonyl (C=O) groups excluding carboxylic acids is 1. The Kier molecular flexibility index (Phi) is 7.31. The molecule has 1 heterocycles. The van der Waals surface area contributed by atoms with Crippen molar-refractivity contribution >= 4 is 5.91 Å². The number of hydrogen-bond donors (Lipinski definition) is 0. The van der Waals surface area contributed by atoms with Crippen LogP contribution in [-0.4, -0.2) is 21.9 Å². The van der Waals surface area contributed by atoms with E-state index in [2.05, 4.69) is 24.5 Å². The van der Waals surface area contributed by atoms with Crippen LogP contribution in [0.1, 0.15) is 58.1 Å². The summed E-state index contributed by atoms with van der Waals surface area (Å²) in [5, 5.41) is 0. The number of carbonyl (C=O) groups is 1. The maximum absolute atomic E-state index is 12.3. The lowest BCUT2D eigenvalue weighted by Crippen LogP contribution is -2.32. The van der Waals surface area contributed by atoms with Gasteiger partial charge in [-0.1, -0.05) is 33.1 Å². The molecule has 3 heteroatoms. The van der Waals surface area contributed by atoms with Crippen molar-refractivity contribution in [3.8, 4) is 0 Å². The van der Waals surface area contributed by atoms with Crippen molar-refractivity contribution in [2.75, 3.05) is 6.54 Å². The van der Waals surface area contributed by atoms with E-state index in [9.17, 15) is 4.79 Å². The van der Waals surface area contributed by atoms with Gasteiger partial charge in [-0.3, -0.25) is 4.79 Å². The maximum atomic E-state index is 12.3. The maximum Gasteiger partial charge on any atom is 0.222 e. The monoisotopic (exact) mass is 264 g/mol. The van der Waals surface area contributed by atoms with Crippen molar-refractivity contribution in [3.63, 3.8) is 0 Å². The van der Waals surface area contributed by atoms with Gasteiger partial charge < -0.3 is 9.47 Å². The second-order valence-corrected chi connectivity index (χ2v) is 5.24. The molecular weight excluding hydrogens is 236 g/mol. The van der Waals surface area contributed by atoms with E-state index in [0.717, 1.165) is 38.8 Å².